The molecule has 0 saturated carbocycles. The van der Waals surface area contributed by atoms with Gasteiger partial charge in [-0.1, -0.05) is 26.0 Å². The summed E-state index contributed by atoms with van der Waals surface area (Å²) in [4.78, 5) is 72.6. The first kappa shape index (κ1) is 32.2. The molecular weight excluding hydrogens is 520 g/mol. The van der Waals surface area contributed by atoms with E-state index in [0.717, 1.165) is 0 Å². The molecule has 14 heteroatoms. The Morgan fingerprint density at radius 1 is 0.816 bits per heavy atom. The molecule has 1 aromatic rings. The van der Waals surface area contributed by atoms with Crippen LogP contribution in [0.1, 0.15) is 39.2 Å². The van der Waals surface area contributed by atoms with Gasteiger partial charge in [0.05, 0.1) is 0 Å². The first-order valence-corrected chi connectivity index (χ1v) is 12.4. The minimum atomic E-state index is -1.50. The molecule has 0 unspecified atom stereocenters. The predicted molar refractivity (Wildman–Crippen MR) is 138 cm³/mol. The summed E-state index contributed by atoms with van der Waals surface area (Å²) in [6.07, 6.45) is -0.913. The summed E-state index contributed by atoms with van der Waals surface area (Å²) in [7, 11) is 0. The lowest BCUT2D eigenvalue weighted by Crippen LogP contribution is -2.59. The SMILES string of the molecule is CC(=O)N[C@H](C(=O)N[C@@H](Cc1ccc(O)cc1)C(=O)N[C@@H](CS)C(=O)N[C@@H](CCC(=O)O)C(=O)O)C(C)C. The molecule has 0 aliphatic rings. The first-order chi connectivity index (χ1) is 17.7. The average molecular weight is 555 g/mol. The van der Waals surface area contributed by atoms with Crippen molar-refractivity contribution in [1.82, 2.24) is 21.3 Å². The van der Waals surface area contributed by atoms with Crippen LogP contribution < -0.4 is 21.3 Å². The molecule has 7 N–H and O–H groups in total. The number of carboxylic acids is 2. The molecule has 38 heavy (non-hydrogen) atoms. The molecule has 0 aliphatic carbocycles. The van der Waals surface area contributed by atoms with Gasteiger partial charge in [0.1, 0.15) is 29.9 Å². The van der Waals surface area contributed by atoms with Crippen molar-refractivity contribution < 1.29 is 44.1 Å². The Bertz CT molecular complexity index is 1020. The Kier molecular flexibility index (Phi) is 13.1. The first-order valence-electron chi connectivity index (χ1n) is 11.8. The minimum Gasteiger partial charge on any atom is -0.508 e. The fourth-order valence-electron chi connectivity index (χ4n) is 3.36. The Morgan fingerprint density at radius 3 is 1.82 bits per heavy atom. The molecule has 1 aromatic carbocycles. The lowest BCUT2D eigenvalue weighted by molar-refractivity contribution is -0.143. The van der Waals surface area contributed by atoms with E-state index in [2.05, 4.69) is 33.9 Å². The summed E-state index contributed by atoms with van der Waals surface area (Å²) >= 11 is 4.05. The average Bonchev–Trinajstić information content (AvgIpc) is 2.83. The van der Waals surface area contributed by atoms with Crippen molar-refractivity contribution in [2.24, 2.45) is 5.92 Å². The van der Waals surface area contributed by atoms with Crippen LogP contribution in [0, 0.1) is 5.92 Å². The molecule has 0 spiro atoms. The lowest BCUT2D eigenvalue weighted by Gasteiger charge is -2.26. The van der Waals surface area contributed by atoms with Gasteiger partial charge in [-0.15, -0.1) is 0 Å². The number of benzene rings is 1. The molecule has 13 nitrogen and oxygen atoms in total. The molecule has 0 heterocycles. The zero-order chi connectivity index (χ0) is 29.0. The summed E-state index contributed by atoms with van der Waals surface area (Å²) in [6.45, 7) is 4.67. The highest BCUT2D eigenvalue weighted by Crippen LogP contribution is 2.12. The zero-order valence-corrected chi connectivity index (χ0v) is 22.2. The number of nitrogens with one attached hydrogen (secondary N) is 4. The number of aromatic hydroxyl groups is 1. The predicted octanol–water partition coefficient (Wildman–Crippen LogP) is -0.571. The van der Waals surface area contributed by atoms with Crippen molar-refractivity contribution in [2.45, 2.75) is 64.2 Å². The normalized spacial score (nSPS) is 13.9. The van der Waals surface area contributed by atoms with E-state index in [0.29, 0.717) is 5.56 Å². The van der Waals surface area contributed by atoms with E-state index in [1.54, 1.807) is 13.8 Å². The topological polar surface area (TPSA) is 211 Å². The smallest absolute Gasteiger partial charge is 0.326 e. The van der Waals surface area contributed by atoms with Gasteiger partial charge in [-0.2, -0.15) is 12.6 Å². The summed E-state index contributed by atoms with van der Waals surface area (Å²) in [6, 6.07) is 0.886. The number of thiol groups is 1. The fourth-order valence-corrected chi connectivity index (χ4v) is 3.61. The number of hydrogen-bond donors (Lipinski definition) is 8. The highest BCUT2D eigenvalue weighted by molar-refractivity contribution is 7.80. The van der Waals surface area contributed by atoms with Crippen LogP contribution in [-0.4, -0.2) is 80.8 Å². The maximum absolute atomic E-state index is 13.2. The number of carboxylic acid groups (broad SMARTS) is 2. The van der Waals surface area contributed by atoms with E-state index in [1.165, 1.54) is 31.2 Å². The lowest BCUT2D eigenvalue weighted by atomic mass is 10.0. The van der Waals surface area contributed by atoms with Gasteiger partial charge in [0.25, 0.3) is 0 Å². The van der Waals surface area contributed by atoms with Crippen LogP contribution >= 0.6 is 12.6 Å². The van der Waals surface area contributed by atoms with Crippen molar-refractivity contribution in [3.05, 3.63) is 29.8 Å². The number of amides is 4. The van der Waals surface area contributed by atoms with Gasteiger partial charge >= 0.3 is 11.9 Å². The van der Waals surface area contributed by atoms with Gasteiger partial charge in [0, 0.05) is 25.5 Å². The van der Waals surface area contributed by atoms with Gasteiger partial charge in [0.15, 0.2) is 0 Å². The van der Waals surface area contributed by atoms with E-state index in [1.807, 2.05) is 0 Å². The van der Waals surface area contributed by atoms with E-state index in [9.17, 15) is 39.0 Å². The zero-order valence-electron chi connectivity index (χ0n) is 21.3. The second-order valence-corrected chi connectivity index (χ2v) is 9.29. The molecule has 0 saturated heterocycles. The summed E-state index contributed by atoms with van der Waals surface area (Å²) in [5.74, 6) is -6.01. The van der Waals surface area contributed by atoms with Crippen LogP contribution in [0.3, 0.4) is 0 Å². The van der Waals surface area contributed by atoms with Crippen LogP contribution in [-0.2, 0) is 35.2 Å². The molecule has 0 aromatic heterocycles. The Hall–Kier alpha value is -3.81. The van der Waals surface area contributed by atoms with Crippen LogP contribution in [0.4, 0.5) is 0 Å². The minimum absolute atomic E-state index is 0.00740. The Balaban J connectivity index is 3.11. The molecule has 4 amide bonds. The Morgan fingerprint density at radius 2 is 1.34 bits per heavy atom. The highest BCUT2D eigenvalue weighted by atomic mass is 32.1. The van der Waals surface area contributed by atoms with Crippen LogP contribution in [0.15, 0.2) is 24.3 Å². The van der Waals surface area contributed by atoms with Gasteiger partial charge in [-0.05, 0) is 30.0 Å². The highest BCUT2D eigenvalue weighted by Gasteiger charge is 2.31. The van der Waals surface area contributed by atoms with Crippen LogP contribution in [0.5, 0.6) is 5.75 Å². The summed E-state index contributed by atoms with van der Waals surface area (Å²) in [5.41, 5.74) is 0.565. The number of aliphatic carboxylic acids is 2. The van der Waals surface area contributed by atoms with E-state index in [4.69, 9.17) is 5.11 Å². The maximum atomic E-state index is 13.2. The van der Waals surface area contributed by atoms with Crippen LogP contribution in [0.2, 0.25) is 0 Å². The molecule has 0 radical (unpaired) electrons. The molecule has 210 valence electrons. The van der Waals surface area contributed by atoms with Crippen LogP contribution in [0.25, 0.3) is 0 Å². The second kappa shape index (κ2) is 15.4. The fraction of sp³-hybridized carbons (Fsp3) is 0.500. The molecule has 0 bridgehead atoms. The third kappa shape index (κ3) is 11.1. The number of carbonyl (C=O) groups excluding carboxylic acids is 4. The van der Waals surface area contributed by atoms with Gasteiger partial charge in [-0.25, -0.2) is 4.79 Å². The molecule has 4 atom stereocenters. The van der Waals surface area contributed by atoms with E-state index >= 15 is 0 Å². The maximum Gasteiger partial charge on any atom is 0.326 e. The number of phenols is 1. The van der Waals surface area contributed by atoms with E-state index in [-0.39, 0.29) is 30.3 Å². The van der Waals surface area contributed by atoms with Crippen molar-refractivity contribution in [2.75, 3.05) is 5.75 Å². The summed E-state index contributed by atoms with van der Waals surface area (Å²) < 4.78 is 0. The number of carbonyl (C=O) groups is 6. The van der Waals surface area contributed by atoms with Crippen molar-refractivity contribution in [3.63, 3.8) is 0 Å². The van der Waals surface area contributed by atoms with Gasteiger partial charge in [-0.3, -0.25) is 24.0 Å². The van der Waals surface area contributed by atoms with Crippen molar-refractivity contribution in [3.8, 4) is 5.75 Å². The molecule has 0 fully saturated rings. The standard InChI is InChI=1S/C24H34N4O9S/c1-12(2)20(25-13(3)29)23(35)27-17(10-14-4-6-15(30)7-5-14)21(33)28-18(11-38)22(34)26-16(24(36)37)8-9-19(31)32/h4-7,12,16-18,20,30,38H,8-11H2,1-3H3,(H,25,29)(H,26,34)(H,27,35)(H,28,33)(H,31,32)(H,36,37)/t16-,17-,18-,20-/m0/s1. The molecular formula is C24H34N4O9S. The monoisotopic (exact) mass is 554 g/mol. The largest absolute Gasteiger partial charge is 0.508 e. The molecule has 1 rings (SSSR count). The second-order valence-electron chi connectivity index (χ2n) is 8.93. The van der Waals surface area contributed by atoms with Gasteiger partial charge < -0.3 is 36.6 Å². The summed E-state index contributed by atoms with van der Waals surface area (Å²) in [5, 5.41) is 37.4. The Labute approximate surface area is 225 Å². The van der Waals surface area contributed by atoms with Crippen molar-refractivity contribution >= 4 is 48.2 Å². The number of hydrogen-bond acceptors (Lipinski definition) is 8. The number of phenolic OH excluding ortho intramolecular Hbond substituents is 1. The molecule has 0 aliphatic heterocycles. The van der Waals surface area contributed by atoms with Crippen molar-refractivity contribution in [1.29, 1.82) is 0 Å². The quantitative estimate of drug-likeness (QED) is 0.130. The number of rotatable bonds is 15. The van der Waals surface area contributed by atoms with E-state index < -0.39 is 66.2 Å². The third-order valence-corrected chi connectivity index (χ3v) is 5.76. The third-order valence-electron chi connectivity index (χ3n) is 5.39. The van der Waals surface area contributed by atoms with Gasteiger partial charge in [0.2, 0.25) is 23.6 Å².